The first-order valence-electron chi connectivity index (χ1n) is 8.31. The van der Waals surface area contributed by atoms with Gasteiger partial charge in [-0.15, -0.1) is 0 Å². The molecule has 0 atom stereocenters. The van der Waals surface area contributed by atoms with Gasteiger partial charge in [-0.1, -0.05) is 12.1 Å². The number of amides is 1. The molecule has 1 fully saturated rings. The van der Waals surface area contributed by atoms with Crippen LogP contribution in [0.3, 0.4) is 0 Å². The molecule has 2 rings (SSSR count). The highest BCUT2D eigenvalue weighted by atomic mass is 16.5. The zero-order valence-electron chi connectivity index (χ0n) is 13.9. The molecule has 0 saturated heterocycles. The lowest BCUT2D eigenvalue weighted by Crippen LogP contribution is -2.41. The molecule has 4 nitrogen and oxygen atoms in total. The Bertz CT molecular complexity index is 494. The number of rotatable bonds is 6. The van der Waals surface area contributed by atoms with Crippen molar-refractivity contribution in [1.82, 2.24) is 10.6 Å². The fourth-order valence-electron chi connectivity index (χ4n) is 3.08. The van der Waals surface area contributed by atoms with Crippen molar-refractivity contribution in [2.45, 2.75) is 65.1 Å². The molecule has 22 heavy (non-hydrogen) atoms. The van der Waals surface area contributed by atoms with E-state index in [0.29, 0.717) is 18.7 Å². The highest BCUT2D eigenvalue weighted by Crippen LogP contribution is 2.23. The molecular weight excluding hydrogens is 276 g/mol. The molecular formula is C18H28N2O2. The topological polar surface area (TPSA) is 50.4 Å². The van der Waals surface area contributed by atoms with Crippen molar-refractivity contribution in [3.05, 3.63) is 29.3 Å². The van der Waals surface area contributed by atoms with E-state index in [1.807, 2.05) is 6.92 Å². The van der Waals surface area contributed by atoms with Crippen LogP contribution in [0.2, 0.25) is 0 Å². The van der Waals surface area contributed by atoms with Gasteiger partial charge in [0.25, 0.3) is 0 Å². The second-order valence-electron chi connectivity index (χ2n) is 6.17. The lowest BCUT2D eigenvalue weighted by molar-refractivity contribution is -0.119. The van der Waals surface area contributed by atoms with E-state index in [9.17, 15) is 4.79 Å². The van der Waals surface area contributed by atoms with E-state index < -0.39 is 0 Å². The summed E-state index contributed by atoms with van der Waals surface area (Å²) in [7, 11) is 0. The summed E-state index contributed by atoms with van der Waals surface area (Å²) in [4.78, 5) is 11.1. The molecule has 1 amide bonds. The number of carbonyl (C=O) groups excluding carboxylic acids is 1. The van der Waals surface area contributed by atoms with Crippen molar-refractivity contribution >= 4 is 5.91 Å². The molecule has 0 radical (unpaired) electrons. The highest BCUT2D eigenvalue weighted by Gasteiger charge is 2.21. The van der Waals surface area contributed by atoms with E-state index in [1.54, 1.807) is 6.92 Å². The second kappa shape index (κ2) is 8.18. The van der Waals surface area contributed by atoms with Gasteiger partial charge >= 0.3 is 0 Å². The van der Waals surface area contributed by atoms with E-state index >= 15 is 0 Å². The largest absolute Gasteiger partial charge is 0.494 e. The van der Waals surface area contributed by atoms with Crippen LogP contribution in [-0.4, -0.2) is 24.6 Å². The second-order valence-corrected chi connectivity index (χ2v) is 6.17. The molecule has 2 N–H and O–H groups in total. The van der Waals surface area contributed by atoms with Gasteiger partial charge in [0.15, 0.2) is 0 Å². The van der Waals surface area contributed by atoms with E-state index in [0.717, 1.165) is 38.0 Å². The van der Waals surface area contributed by atoms with Gasteiger partial charge in [0.05, 0.1) is 6.61 Å². The molecule has 0 aliphatic heterocycles. The Balaban J connectivity index is 1.83. The Morgan fingerprint density at radius 3 is 2.55 bits per heavy atom. The van der Waals surface area contributed by atoms with Crippen molar-refractivity contribution in [2.24, 2.45) is 0 Å². The van der Waals surface area contributed by atoms with Crippen LogP contribution in [0.1, 0.15) is 50.7 Å². The first kappa shape index (κ1) is 16.8. The Labute approximate surface area is 133 Å². The monoisotopic (exact) mass is 304 g/mol. The van der Waals surface area contributed by atoms with Crippen molar-refractivity contribution in [2.75, 3.05) is 6.61 Å². The first-order valence-corrected chi connectivity index (χ1v) is 8.31. The minimum Gasteiger partial charge on any atom is -0.494 e. The molecule has 1 aliphatic rings. The average molecular weight is 304 g/mol. The minimum absolute atomic E-state index is 0.0809. The maximum Gasteiger partial charge on any atom is 0.217 e. The Morgan fingerprint density at radius 1 is 1.23 bits per heavy atom. The third-order valence-electron chi connectivity index (χ3n) is 4.24. The molecule has 1 saturated carbocycles. The molecule has 0 unspecified atom stereocenters. The minimum atomic E-state index is 0.0809. The van der Waals surface area contributed by atoms with Crippen LogP contribution in [0.25, 0.3) is 0 Å². The fourth-order valence-corrected chi connectivity index (χ4v) is 3.08. The molecule has 1 aromatic rings. The number of hydrogen-bond donors (Lipinski definition) is 2. The highest BCUT2D eigenvalue weighted by molar-refractivity contribution is 5.73. The first-order chi connectivity index (χ1) is 10.6. The molecule has 1 aliphatic carbocycles. The van der Waals surface area contributed by atoms with E-state index in [2.05, 4.69) is 35.8 Å². The average Bonchev–Trinajstić information content (AvgIpc) is 2.48. The molecule has 1 aromatic carbocycles. The normalized spacial score (nSPS) is 21.4. The van der Waals surface area contributed by atoms with Gasteiger partial charge < -0.3 is 15.4 Å². The number of nitrogens with one attached hydrogen (secondary N) is 2. The summed E-state index contributed by atoms with van der Waals surface area (Å²) in [5.41, 5.74) is 2.44. The lowest BCUT2D eigenvalue weighted by atomic mass is 9.91. The smallest absolute Gasteiger partial charge is 0.217 e. The van der Waals surface area contributed by atoms with Crippen LogP contribution >= 0.6 is 0 Å². The van der Waals surface area contributed by atoms with Crippen molar-refractivity contribution in [3.8, 4) is 5.75 Å². The zero-order chi connectivity index (χ0) is 15.9. The van der Waals surface area contributed by atoms with Gasteiger partial charge in [0.1, 0.15) is 5.75 Å². The van der Waals surface area contributed by atoms with Gasteiger partial charge in [-0.2, -0.15) is 0 Å². The van der Waals surface area contributed by atoms with Crippen LogP contribution in [0.5, 0.6) is 5.75 Å². The van der Waals surface area contributed by atoms with E-state index in [1.165, 1.54) is 11.1 Å². The maximum atomic E-state index is 11.1. The van der Waals surface area contributed by atoms with E-state index in [4.69, 9.17) is 4.74 Å². The summed E-state index contributed by atoms with van der Waals surface area (Å²) < 4.78 is 5.73. The van der Waals surface area contributed by atoms with Gasteiger partial charge in [-0.05, 0) is 51.2 Å². The quantitative estimate of drug-likeness (QED) is 0.849. The summed E-state index contributed by atoms with van der Waals surface area (Å²) in [5, 5.41) is 6.66. The van der Waals surface area contributed by atoms with Crippen LogP contribution in [0.15, 0.2) is 18.2 Å². The van der Waals surface area contributed by atoms with Crippen LogP contribution in [-0.2, 0) is 11.3 Å². The Kier molecular flexibility index (Phi) is 6.25. The molecule has 0 bridgehead atoms. The Hall–Kier alpha value is -1.55. The molecule has 4 heteroatoms. The third kappa shape index (κ3) is 5.02. The number of ether oxygens (including phenoxy) is 1. The maximum absolute atomic E-state index is 11.1. The summed E-state index contributed by atoms with van der Waals surface area (Å²) in [6.07, 6.45) is 4.34. The predicted molar refractivity (Wildman–Crippen MR) is 89.0 cm³/mol. The van der Waals surface area contributed by atoms with Gasteiger partial charge in [0, 0.05) is 31.1 Å². The number of aryl methyl sites for hydroxylation is 1. The van der Waals surface area contributed by atoms with E-state index in [-0.39, 0.29) is 5.91 Å². The van der Waals surface area contributed by atoms with Gasteiger partial charge in [-0.3, -0.25) is 4.79 Å². The molecule has 0 heterocycles. The van der Waals surface area contributed by atoms with Crippen LogP contribution in [0.4, 0.5) is 0 Å². The lowest BCUT2D eigenvalue weighted by Gasteiger charge is -2.29. The van der Waals surface area contributed by atoms with Crippen LogP contribution < -0.4 is 15.4 Å². The predicted octanol–water partition coefficient (Wildman–Crippen LogP) is 2.93. The SMILES string of the molecule is CCOc1cc(C)ccc1CNC1CCC(NC(C)=O)CC1. The van der Waals surface area contributed by atoms with Crippen LogP contribution in [0, 0.1) is 6.92 Å². The van der Waals surface area contributed by atoms with Crippen molar-refractivity contribution < 1.29 is 9.53 Å². The standard InChI is InChI=1S/C18H28N2O2/c1-4-22-18-11-13(2)5-6-15(18)12-19-16-7-9-17(10-8-16)20-14(3)21/h5-6,11,16-17,19H,4,7-10,12H2,1-3H3,(H,20,21). The zero-order valence-corrected chi connectivity index (χ0v) is 13.9. The summed E-state index contributed by atoms with van der Waals surface area (Å²) in [5.74, 6) is 1.07. The van der Waals surface area contributed by atoms with Gasteiger partial charge in [-0.25, -0.2) is 0 Å². The number of hydrogen-bond acceptors (Lipinski definition) is 3. The molecule has 0 spiro atoms. The summed E-state index contributed by atoms with van der Waals surface area (Å²) >= 11 is 0. The Morgan fingerprint density at radius 2 is 1.91 bits per heavy atom. The van der Waals surface area contributed by atoms with Gasteiger partial charge in [0.2, 0.25) is 5.91 Å². The molecule has 122 valence electrons. The van der Waals surface area contributed by atoms with Crippen molar-refractivity contribution in [3.63, 3.8) is 0 Å². The summed E-state index contributed by atoms with van der Waals surface area (Å²) in [6, 6.07) is 7.27. The molecule has 0 aromatic heterocycles. The third-order valence-corrected chi connectivity index (χ3v) is 4.24. The summed E-state index contributed by atoms with van der Waals surface area (Å²) in [6.45, 7) is 7.23. The number of carbonyl (C=O) groups is 1. The fraction of sp³-hybridized carbons (Fsp3) is 0.611. The number of benzene rings is 1. The van der Waals surface area contributed by atoms with Crippen molar-refractivity contribution in [1.29, 1.82) is 0 Å².